The van der Waals surface area contributed by atoms with E-state index in [0.29, 0.717) is 6.61 Å². The van der Waals surface area contributed by atoms with E-state index >= 15 is 0 Å². The molecule has 0 saturated carbocycles. The van der Waals surface area contributed by atoms with E-state index in [1.807, 2.05) is 49.5 Å². The van der Waals surface area contributed by atoms with Crippen molar-refractivity contribution in [1.29, 1.82) is 0 Å². The summed E-state index contributed by atoms with van der Waals surface area (Å²) in [4.78, 5) is 7.42. The minimum absolute atomic E-state index is 0.404. The fourth-order valence-electron chi connectivity index (χ4n) is 2.42. The Morgan fingerprint density at radius 3 is 2.52 bits per heavy atom. The molecule has 0 saturated heterocycles. The smallest absolute Gasteiger partial charge is 0.124 e. The van der Waals surface area contributed by atoms with Gasteiger partial charge in [0.15, 0.2) is 0 Å². The molecule has 0 fully saturated rings. The zero-order chi connectivity index (χ0) is 18.4. The number of ether oxygens (including phenoxy) is 1. The van der Waals surface area contributed by atoms with Crippen LogP contribution in [0.15, 0.2) is 41.4 Å². The molecule has 0 heterocycles. The second-order valence-electron chi connectivity index (χ2n) is 6.25. The van der Waals surface area contributed by atoms with Crippen LogP contribution in [0.5, 0.6) is 5.75 Å². The van der Waals surface area contributed by atoms with Crippen LogP contribution in [0, 0.1) is 20.8 Å². The minimum atomic E-state index is 0.404. The average Bonchev–Trinajstić information content (AvgIpc) is 2.60. The highest BCUT2D eigenvalue weighted by atomic mass is 32.1. The SMILES string of the molecule is CCN(C)/C=N\c1cc(C)c(C(=S)COc2ccccc2C)cc1C. The summed E-state index contributed by atoms with van der Waals surface area (Å²) in [6.45, 7) is 9.60. The summed E-state index contributed by atoms with van der Waals surface area (Å²) in [5.74, 6) is 0.878. The monoisotopic (exact) mass is 354 g/mol. The van der Waals surface area contributed by atoms with Crippen molar-refractivity contribution in [2.45, 2.75) is 27.7 Å². The summed E-state index contributed by atoms with van der Waals surface area (Å²) >= 11 is 5.61. The Balaban J connectivity index is 2.13. The van der Waals surface area contributed by atoms with Crippen LogP contribution in [-0.4, -0.2) is 36.3 Å². The fraction of sp³-hybridized carbons (Fsp3) is 0.333. The number of rotatable bonds is 7. The molecule has 0 spiro atoms. The van der Waals surface area contributed by atoms with Crippen molar-refractivity contribution in [3.63, 3.8) is 0 Å². The molecule has 3 nitrogen and oxygen atoms in total. The first-order chi connectivity index (χ1) is 11.9. The highest BCUT2D eigenvalue weighted by Crippen LogP contribution is 2.24. The third-order valence-corrected chi connectivity index (χ3v) is 4.53. The zero-order valence-electron chi connectivity index (χ0n) is 15.7. The number of benzene rings is 2. The van der Waals surface area contributed by atoms with Crippen LogP contribution >= 0.6 is 12.2 Å². The molecule has 0 unspecified atom stereocenters. The van der Waals surface area contributed by atoms with Crippen LogP contribution < -0.4 is 4.74 Å². The quantitative estimate of drug-likeness (QED) is 0.302. The van der Waals surface area contributed by atoms with Gasteiger partial charge in [-0.2, -0.15) is 0 Å². The van der Waals surface area contributed by atoms with Crippen molar-refractivity contribution in [2.24, 2.45) is 4.99 Å². The van der Waals surface area contributed by atoms with Gasteiger partial charge in [0.25, 0.3) is 0 Å². The summed E-state index contributed by atoms with van der Waals surface area (Å²) < 4.78 is 5.89. The number of thiocarbonyl (C=S) groups is 1. The Morgan fingerprint density at radius 2 is 1.84 bits per heavy atom. The summed E-state index contributed by atoms with van der Waals surface area (Å²) in [5.41, 5.74) is 5.38. The van der Waals surface area contributed by atoms with E-state index in [2.05, 4.69) is 37.9 Å². The predicted molar refractivity (Wildman–Crippen MR) is 111 cm³/mol. The zero-order valence-corrected chi connectivity index (χ0v) is 16.5. The van der Waals surface area contributed by atoms with Gasteiger partial charge in [-0.25, -0.2) is 4.99 Å². The van der Waals surface area contributed by atoms with E-state index in [9.17, 15) is 0 Å². The lowest BCUT2D eigenvalue weighted by atomic mass is 10.0. The molecule has 0 bridgehead atoms. The van der Waals surface area contributed by atoms with Crippen LogP contribution in [0.1, 0.15) is 29.2 Å². The molecule has 0 aliphatic heterocycles. The molecule has 0 N–H and O–H groups in total. The van der Waals surface area contributed by atoms with Gasteiger partial charge < -0.3 is 9.64 Å². The van der Waals surface area contributed by atoms with Gasteiger partial charge >= 0.3 is 0 Å². The van der Waals surface area contributed by atoms with E-state index in [-0.39, 0.29) is 0 Å². The minimum Gasteiger partial charge on any atom is -0.488 e. The highest BCUT2D eigenvalue weighted by Gasteiger charge is 2.10. The largest absolute Gasteiger partial charge is 0.488 e. The molecule has 0 aliphatic rings. The van der Waals surface area contributed by atoms with Gasteiger partial charge in [0.05, 0.1) is 16.9 Å². The van der Waals surface area contributed by atoms with Gasteiger partial charge in [-0.1, -0.05) is 30.4 Å². The van der Waals surface area contributed by atoms with E-state index in [1.54, 1.807) is 0 Å². The lowest BCUT2D eigenvalue weighted by molar-refractivity contribution is 0.376. The lowest BCUT2D eigenvalue weighted by Gasteiger charge is -2.14. The molecule has 0 amide bonds. The van der Waals surface area contributed by atoms with Crippen LogP contribution in [0.4, 0.5) is 5.69 Å². The Bertz CT molecular complexity index is 783. The van der Waals surface area contributed by atoms with Gasteiger partial charge in [-0.05, 0) is 68.1 Å². The van der Waals surface area contributed by atoms with Crippen LogP contribution in [0.2, 0.25) is 0 Å². The van der Waals surface area contributed by atoms with Crippen LogP contribution in [0.3, 0.4) is 0 Å². The molecule has 0 aromatic heterocycles. The van der Waals surface area contributed by atoms with Gasteiger partial charge in [-0.15, -0.1) is 0 Å². The van der Waals surface area contributed by atoms with Gasteiger partial charge in [0, 0.05) is 13.6 Å². The van der Waals surface area contributed by atoms with Crippen molar-refractivity contribution in [3.8, 4) is 5.75 Å². The molecule has 2 rings (SSSR count). The Labute approximate surface area is 156 Å². The van der Waals surface area contributed by atoms with E-state index in [1.165, 1.54) is 0 Å². The summed E-state index contributed by atoms with van der Waals surface area (Å²) in [7, 11) is 2.01. The van der Waals surface area contributed by atoms with Crippen molar-refractivity contribution < 1.29 is 4.74 Å². The number of hydrogen-bond donors (Lipinski definition) is 0. The average molecular weight is 355 g/mol. The number of hydrogen-bond acceptors (Lipinski definition) is 3. The molecular formula is C21H26N2OS. The maximum atomic E-state index is 5.89. The second-order valence-corrected chi connectivity index (χ2v) is 6.74. The highest BCUT2D eigenvalue weighted by molar-refractivity contribution is 7.80. The summed E-state index contributed by atoms with van der Waals surface area (Å²) in [6.07, 6.45) is 1.86. The second kappa shape index (κ2) is 8.77. The Morgan fingerprint density at radius 1 is 1.12 bits per heavy atom. The van der Waals surface area contributed by atoms with Crippen molar-refractivity contribution in [2.75, 3.05) is 20.2 Å². The molecule has 0 aliphatic carbocycles. The predicted octanol–water partition coefficient (Wildman–Crippen LogP) is 5.02. The first kappa shape index (κ1) is 19.1. The maximum absolute atomic E-state index is 5.89. The van der Waals surface area contributed by atoms with E-state index in [0.717, 1.165) is 45.1 Å². The Hall–Kier alpha value is -2.20. The lowest BCUT2D eigenvalue weighted by Crippen LogP contribution is -2.14. The van der Waals surface area contributed by atoms with Crippen molar-refractivity contribution in [3.05, 3.63) is 58.7 Å². The molecule has 132 valence electrons. The van der Waals surface area contributed by atoms with E-state index in [4.69, 9.17) is 17.0 Å². The molecule has 2 aromatic carbocycles. The third kappa shape index (κ3) is 5.13. The Kier molecular flexibility index (Phi) is 6.71. The maximum Gasteiger partial charge on any atom is 0.124 e. The third-order valence-electron chi connectivity index (χ3n) is 4.19. The normalized spacial score (nSPS) is 10.9. The topological polar surface area (TPSA) is 24.8 Å². The molecule has 2 aromatic rings. The van der Waals surface area contributed by atoms with Crippen LogP contribution in [0.25, 0.3) is 0 Å². The number of nitrogens with zero attached hydrogens (tertiary/aromatic N) is 2. The number of para-hydroxylation sites is 1. The molecule has 0 atom stereocenters. The number of aliphatic imine (C=N–C) groups is 1. The molecule has 0 radical (unpaired) electrons. The van der Waals surface area contributed by atoms with E-state index < -0.39 is 0 Å². The first-order valence-corrected chi connectivity index (χ1v) is 8.90. The molecule has 25 heavy (non-hydrogen) atoms. The van der Waals surface area contributed by atoms with Crippen LogP contribution in [-0.2, 0) is 0 Å². The van der Waals surface area contributed by atoms with Crippen molar-refractivity contribution in [1.82, 2.24) is 4.90 Å². The van der Waals surface area contributed by atoms with Gasteiger partial charge in [0.2, 0.25) is 0 Å². The van der Waals surface area contributed by atoms with Gasteiger partial charge in [-0.3, -0.25) is 0 Å². The summed E-state index contributed by atoms with van der Waals surface area (Å²) in [6, 6.07) is 12.2. The molecule has 4 heteroatoms. The van der Waals surface area contributed by atoms with Crippen molar-refractivity contribution >= 4 is 29.1 Å². The van der Waals surface area contributed by atoms with Gasteiger partial charge in [0.1, 0.15) is 12.4 Å². The number of aryl methyl sites for hydroxylation is 3. The first-order valence-electron chi connectivity index (χ1n) is 8.49. The standard InChI is InChI=1S/C21H26N2OS/c1-6-23(5)14-22-19-12-16(3)18(11-17(19)4)21(25)13-24-20-10-8-7-9-15(20)2/h7-12,14H,6,13H2,1-5H3/b22-14-. The summed E-state index contributed by atoms with van der Waals surface area (Å²) in [5, 5.41) is 0. The fourth-order valence-corrected chi connectivity index (χ4v) is 2.70. The molecular weight excluding hydrogens is 328 g/mol.